The number of amides is 1. The van der Waals surface area contributed by atoms with Crippen molar-refractivity contribution < 1.29 is 9.18 Å². The lowest BCUT2D eigenvalue weighted by Crippen LogP contribution is -2.57. The maximum absolute atomic E-state index is 13.3. The first-order valence-corrected chi connectivity index (χ1v) is 11.4. The zero-order valence-corrected chi connectivity index (χ0v) is 21.2. The maximum atomic E-state index is 13.3. The summed E-state index contributed by atoms with van der Waals surface area (Å²) in [4.78, 5) is 24.1. The Hall–Kier alpha value is -1.42. The third-order valence-electron chi connectivity index (χ3n) is 6.05. The summed E-state index contributed by atoms with van der Waals surface area (Å²) in [6.45, 7) is 11.0. The second-order valence-corrected chi connectivity index (χ2v) is 8.20. The van der Waals surface area contributed by atoms with Gasteiger partial charge in [-0.15, -0.1) is 24.0 Å². The molecule has 2 saturated heterocycles. The summed E-state index contributed by atoms with van der Waals surface area (Å²) in [6.07, 6.45) is 3.98. The highest BCUT2D eigenvalue weighted by atomic mass is 127. The number of carbonyl (C=O) groups is 1. The van der Waals surface area contributed by atoms with Gasteiger partial charge >= 0.3 is 0 Å². The average molecular weight is 545 g/mol. The number of likely N-dealkylation sites (tertiary alicyclic amines) is 1. The van der Waals surface area contributed by atoms with Gasteiger partial charge in [-0.1, -0.05) is 12.1 Å². The van der Waals surface area contributed by atoms with Gasteiger partial charge in [-0.2, -0.15) is 0 Å². The molecule has 0 aliphatic carbocycles. The summed E-state index contributed by atoms with van der Waals surface area (Å²) in [6, 6.07) is 6.74. The van der Waals surface area contributed by atoms with Gasteiger partial charge in [0.25, 0.3) is 0 Å². The monoisotopic (exact) mass is 545 g/mol. The fraction of sp³-hybridized carbons (Fsp3) is 0.652. The SMILES string of the molecule is CCNC(=NCCCc1cccc(F)c1)N1CCN(C(C)C(=O)N2CCCC2)CC1.I. The molecule has 8 heteroatoms. The van der Waals surface area contributed by atoms with E-state index in [1.165, 1.54) is 6.07 Å². The first kappa shape index (κ1) is 25.8. The molecule has 1 aromatic rings. The summed E-state index contributed by atoms with van der Waals surface area (Å²) in [5, 5.41) is 3.39. The molecule has 6 nitrogen and oxygen atoms in total. The molecule has 2 aliphatic rings. The third-order valence-corrected chi connectivity index (χ3v) is 6.05. The van der Waals surface area contributed by atoms with Crippen molar-refractivity contribution in [2.75, 3.05) is 52.4 Å². The van der Waals surface area contributed by atoms with Crippen molar-refractivity contribution in [3.8, 4) is 0 Å². The summed E-state index contributed by atoms with van der Waals surface area (Å²) in [5.74, 6) is 1.04. The Kier molecular flexibility index (Phi) is 11.0. The highest BCUT2D eigenvalue weighted by molar-refractivity contribution is 14.0. The highest BCUT2D eigenvalue weighted by Gasteiger charge is 2.30. The van der Waals surface area contributed by atoms with Crippen LogP contribution < -0.4 is 5.32 Å². The van der Waals surface area contributed by atoms with Gasteiger partial charge in [-0.25, -0.2) is 4.39 Å². The molecule has 0 saturated carbocycles. The molecule has 1 aromatic carbocycles. The second kappa shape index (κ2) is 13.2. The van der Waals surface area contributed by atoms with Crippen molar-refractivity contribution in [2.45, 2.75) is 45.6 Å². The van der Waals surface area contributed by atoms with Gasteiger partial charge in [0.1, 0.15) is 5.82 Å². The summed E-state index contributed by atoms with van der Waals surface area (Å²) in [5.41, 5.74) is 1.01. The lowest BCUT2D eigenvalue weighted by molar-refractivity contribution is -0.135. The van der Waals surface area contributed by atoms with Crippen LogP contribution in [0.1, 0.15) is 38.7 Å². The topological polar surface area (TPSA) is 51.2 Å². The van der Waals surface area contributed by atoms with Crippen LogP contribution in [0.25, 0.3) is 0 Å². The van der Waals surface area contributed by atoms with E-state index in [1.54, 1.807) is 12.1 Å². The number of aryl methyl sites for hydroxylation is 1. The fourth-order valence-electron chi connectivity index (χ4n) is 4.27. The van der Waals surface area contributed by atoms with Crippen molar-refractivity contribution in [3.63, 3.8) is 0 Å². The van der Waals surface area contributed by atoms with E-state index in [-0.39, 0.29) is 41.7 Å². The number of hydrogen-bond acceptors (Lipinski definition) is 3. The minimum Gasteiger partial charge on any atom is -0.357 e. The molecule has 1 atom stereocenters. The standard InChI is InChI=1S/C23H36FN5O.HI/c1-3-25-23(26-11-7-9-20-8-6-10-21(24)18-20)29-16-14-27(15-17-29)19(2)22(30)28-12-4-5-13-28;/h6,8,10,18-19H,3-5,7,9,11-17H2,1-2H3,(H,25,26);1H. The van der Waals surface area contributed by atoms with Gasteiger partial charge in [0.05, 0.1) is 6.04 Å². The van der Waals surface area contributed by atoms with Gasteiger partial charge in [-0.3, -0.25) is 14.7 Å². The van der Waals surface area contributed by atoms with Crippen LogP contribution in [0, 0.1) is 5.82 Å². The van der Waals surface area contributed by atoms with E-state index in [1.807, 2.05) is 17.9 Å². The maximum Gasteiger partial charge on any atom is 0.239 e. The Morgan fingerprint density at radius 3 is 2.48 bits per heavy atom. The molecular weight excluding hydrogens is 508 g/mol. The van der Waals surface area contributed by atoms with Gasteiger partial charge in [0, 0.05) is 52.4 Å². The molecule has 174 valence electrons. The van der Waals surface area contributed by atoms with Crippen molar-refractivity contribution in [2.24, 2.45) is 4.99 Å². The number of piperazine rings is 1. The van der Waals surface area contributed by atoms with Crippen molar-refractivity contribution in [3.05, 3.63) is 35.6 Å². The number of hydrogen-bond donors (Lipinski definition) is 1. The van der Waals surface area contributed by atoms with E-state index in [0.717, 1.165) is 83.0 Å². The Labute approximate surface area is 203 Å². The van der Waals surface area contributed by atoms with E-state index >= 15 is 0 Å². The van der Waals surface area contributed by atoms with E-state index in [4.69, 9.17) is 4.99 Å². The normalized spacial score (nSPS) is 18.6. The Bertz CT molecular complexity index is 718. The van der Waals surface area contributed by atoms with Crippen molar-refractivity contribution in [1.82, 2.24) is 20.0 Å². The Morgan fingerprint density at radius 1 is 1.13 bits per heavy atom. The first-order chi connectivity index (χ1) is 14.6. The number of aliphatic imine (C=N–C) groups is 1. The molecule has 1 N–H and O–H groups in total. The molecule has 0 aromatic heterocycles. The summed E-state index contributed by atoms with van der Waals surface area (Å²) in [7, 11) is 0. The predicted octanol–water partition coefficient (Wildman–Crippen LogP) is 2.97. The summed E-state index contributed by atoms with van der Waals surface area (Å²) >= 11 is 0. The Balaban J connectivity index is 0.00000341. The molecule has 0 bridgehead atoms. The minimum absolute atomic E-state index is 0. The highest BCUT2D eigenvalue weighted by Crippen LogP contribution is 2.14. The molecule has 2 fully saturated rings. The molecule has 0 radical (unpaired) electrons. The number of rotatable bonds is 7. The second-order valence-electron chi connectivity index (χ2n) is 8.20. The quantitative estimate of drug-likeness (QED) is 0.248. The molecule has 1 amide bonds. The van der Waals surface area contributed by atoms with E-state index < -0.39 is 0 Å². The van der Waals surface area contributed by atoms with Gasteiger partial charge < -0.3 is 15.1 Å². The molecule has 31 heavy (non-hydrogen) atoms. The van der Waals surface area contributed by atoms with Crippen molar-refractivity contribution in [1.29, 1.82) is 0 Å². The van der Waals surface area contributed by atoms with E-state index in [0.29, 0.717) is 6.54 Å². The number of carbonyl (C=O) groups excluding carboxylic acids is 1. The number of guanidine groups is 1. The number of benzene rings is 1. The number of nitrogens with one attached hydrogen (secondary N) is 1. The van der Waals surface area contributed by atoms with Gasteiger partial charge in [0.15, 0.2) is 5.96 Å². The van der Waals surface area contributed by atoms with Crippen LogP contribution in [-0.4, -0.2) is 85.0 Å². The third kappa shape index (κ3) is 7.59. The van der Waals surface area contributed by atoms with Gasteiger partial charge in [0.2, 0.25) is 5.91 Å². The Morgan fingerprint density at radius 2 is 1.84 bits per heavy atom. The molecule has 0 spiro atoms. The van der Waals surface area contributed by atoms with Crippen LogP contribution in [0.3, 0.4) is 0 Å². The fourth-order valence-corrected chi connectivity index (χ4v) is 4.27. The van der Waals surface area contributed by atoms with E-state index in [9.17, 15) is 9.18 Å². The van der Waals surface area contributed by atoms with E-state index in [2.05, 4.69) is 22.0 Å². The predicted molar refractivity (Wildman–Crippen MR) is 135 cm³/mol. The smallest absolute Gasteiger partial charge is 0.239 e. The van der Waals surface area contributed by atoms with Gasteiger partial charge in [-0.05, 0) is 57.2 Å². The number of nitrogens with zero attached hydrogens (tertiary/aromatic N) is 4. The van der Waals surface area contributed by atoms with Crippen LogP contribution in [0.2, 0.25) is 0 Å². The molecular formula is C23H37FIN5O. The lowest BCUT2D eigenvalue weighted by Gasteiger charge is -2.39. The largest absolute Gasteiger partial charge is 0.357 e. The molecule has 3 rings (SSSR count). The molecule has 2 aliphatic heterocycles. The first-order valence-electron chi connectivity index (χ1n) is 11.4. The average Bonchev–Trinajstić information content (AvgIpc) is 3.30. The van der Waals surface area contributed by atoms with Crippen LogP contribution in [-0.2, 0) is 11.2 Å². The van der Waals surface area contributed by atoms with Crippen LogP contribution in [0.4, 0.5) is 4.39 Å². The minimum atomic E-state index is -0.181. The number of halogens is 2. The molecule has 1 unspecified atom stereocenters. The van der Waals surface area contributed by atoms with Crippen LogP contribution >= 0.6 is 24.0 Å². The van der Waals surface area contributed by atoms with Crippen LogP contribution in [0.15, 0.2) is 29.3 Å². The zero-order chi connectivity index (χ0) is 21.3. The van der Waals surface area contributed by atoms with Crippen LogP contribution in [0.5, 0.6) is 0 Å². The lowest BCUT2D eigenvalue weighted by atomic mass is 10.1. The zero-order valence-electron chi connectivity index (χ0n) is 18.9. The molecule has 2 heterocycles. The van der Waals surface area contributed by atoms with Crippen molar-refractivity contribution >= 4 is 35.8 Å². The summed E-state index contributed by atoms with van der Waals surface area (Å²) < 4.78 is 13.3.